The summed E-state index contributed by atoms with van der Waals surface area (Å²) >= 11 is 0. The third-order valence-corrected chi connectivity index (χ3v) is 3.05. The van der Waals surface area contributed by atoms with Crippen LogP contribution in [0.2, 0.25) is 0 Å². The molecule has 23 heavy (non-hydrogen) atoms. The van der Waals surface area contributed by atoms with Gasteiger partial charge in [0.15, 0.2) is 5.82 Å². The molecule has 0 saturated carbocycles. The van der Waals surface area contributed by atoms with E-state index in [2.05, 4.69) is 20.3 Å². The van der Waals surface area contributed by atoms with Crippen molar-refractivity contribution in [3.8, 4) is 17.4 Å². The number of ether oxygens (including phenoxy) is 2. The molecule has 0 radical (unpaired) electrons. The number of nitrogens with two attached hydrogens (primary N) is 1. The lowest BCUT2D eigenvalue weighted by Crippen LogP contribution is -2.03. The second-order valence-corrected chi connectivity index (χ2v) is 4.59. The largest absolute Gasteiger partial charge is 0.497 e. The first-order valence-electron chi connectivity index (χ1n) is 6.85. The van der Waals surface area contributed by atoms with Gasteiger partial charge >= 0.3 is 0 Å². The second-order valence-electron chi connectivity index (χ2n) is 4.59. The van der Waals surface area contributed by atoms with Gasteiger partial charge in [-0.2, -0.15) is 4.98 Å². The molecule has 0 aliphatic heterocycles. The van der Waals surface area contributed by atoms with Gasteiger partial charge in [0.2, 0.25) is 5.88 Å². The monoisotopic (exact) mass is 309 g/mol. The number of nitrogen functional groups attached to an aromatic ring is 1. The number of pyridine rings is 1. The van der Waals surface area contributed by atoms with Crippen LogP contribution in [0.25, 0.3) is 0 Å². The average Bonchev–Trinajstić information content (AvgIpc) is 2.60. The van der Waals surface area contributed by atoms with E-state index in [1.807, 2.05) is 12.1 Å². The van der Waals surface area contributed by atoms with Gasteiger partial charge in [-0.25, -0.2) is 4.98 Å². The molecule has 0 aliphatic carbocycles. The van der Waals surface area contributed by atoms with Crippen molar-refractivity contribution in [2.24, 2.45) is 0 Å². The Bertz CT molecular complexity index is 778. The van der Waals surface area contributed by atoms with E-state index in [-0.39, 0.29) is 5.88 Å². The maximum atomic E-state index is 6.08. The van der Waals surface area contributed by atoms with Crippen LogP contribution in [-0.2, 0) is 0 Å². The molecule has 3 rings (SSSR count). The molecule has 3 aromatic rings. The third-order valence-electron chi connectivity index (χ3n) is 3.05. The van der Waals surface area contributed by atoms with Crippen LogP contribution in [0.15, 0.2) is 55.1 Å². The molecule has 0 fully saturated rings. The van der Waals surface area contributed by atoms with Crippen molar-refractivity contribution in [1.29, 1.82) is 0 Å². The predicted octanol–water partition coefficient (Wildman–Crippen LogP) is 3.00. The number of benzene rings is 1. The number of aromatic nitrogens is 3. The molecule has 1 aromatic carbocycles. The average molecular weight is 309 g/mol. The van der Waals surface area contributed by atoms with Gasteiger partial charge in [-0.3, -0.25) is 4.98 Å². The minimum Gasteiger partial charge on any atom is -0.497 e. The van der Waals surface area contributed by atoms with Crippen molar-refractivity contribution in [1.82, 2.24) is 15.0 Å². The molecule has 7 heteroatoms. The molecule has 2 heterocycles. The molecular formula is C16H15N5O2. The van der Waals surface area contributed by atoms with Gasteiger partial charge in [0.25, 0.3) is 0 Å². The zero-order valence-corrected chi connectivity index (χ0v) is 12.4. The lowest BCUT2D eigenvalue weighted by molar-refractivity contribution is 0.412. The molecule has 0 spiro atoms. The van der Waals surface area contributed by atoms with Crippen molar-refractivity contribution in [2.45, 2.75) is 0 Å². The van der Waals surface area contributed by atoms with E-state index in [0.29, 0.717) is 17.3 Å². The minimum absolute atomic E-state index is 0.275. The molecule has 2 aromatic heterocycles. The van der Waals surface area contributed by atoms with Crippen LogP contribution >= 0.6 is 0 Å². The normalized spacial score (nSPS) is 10.1. The van der Waals surface area contributed by atoms with Crippen LogP contribution in [0.4, 0.5) is 17.2 Å². The summed E-state index contributed by atoms with van der Waals surface area (Å²) in [5.41, 5.74) is 7.16. The zero-order chi connectivity index (χ0) is 16.1. The van der Waals surface area contributed by atoms with E-state index in [1.54, 1.807) is 43.8 Å². The summed E-state index contributed by atoms with van der Waals surface area (Å²) in [7, 11) is 1.61. The number of nitrogens with zero attached hydrogens (tertiary/aromatic N) is 3. The maximum Gasteiger partial charge on any atom is 0.248 e. The smallest absolute Gasteiger partial charge is 0.248 e. The highest BCUT2D eigenvalue weighted by molar-refractivity contribution is 5.72. The number of anilines is 3. The molecule has 0 amide bonds. The summed E-state index contributed by atoms with van der Waals surface area (Å²) in [6.45, 7) is 0. The van der Waals surface area contributed by atoms with Crippen molar-refractivity contribution in [3.63, 3.8) is 0 Å². The van der Waals surface area contributed by atoms with E-state index in [1.165, 1.54) is 6.33 Å². The Morgan fingerprint density at radius 1 is 1.04 bits per heavy atom. The molecule has 7 nitrogen and oxygen atoms in total. The predicted molar refractivity (Wildman–Crippen MR) is 87.0 cm³/mol. The van der Waals surface area contributed by atoms with Crippen molar-refractivity contribution < 1.29 is 9.47 Å². The van der Waals surface area contributed by atoms with Crippen LogP contribution in [0.3, 0.4) is 0 Å². The fourth-order valence-electron chi connectivity index (χ4n) is 1.89. The van der Waals surface area contributed by atoms with E-state index >= 15 is 0 Å². The lowest BCUT2D eigenvalue weighted by Gasteiger charge is -2.11. The van der Waals surface area contributed by atoms with Gasteiger partial charge in [-0.1, -0.05) is 0 Å². The fraction of sp³-hybridized carbons (Fsp3) is 0.0625. The Hall–Kier alpha value is -3.35. The summed E-state index contributed by atoms with van der Waals surface area (Å²) in [6, 6.07) is 10.8. The molecular weight excluding hydrogens is 294 g/mol. The number of rotatable bonds is 5. The van der Waals surface area contributed by atoms with Crippen molar-refractivity contribution >= 4 is 17.2 Å². The van der Waals surface area contributed by atoms with Crippen LogP contribution in [0.1, 0.15) is 0 Å². The van der Waals surface area contributed by atoms with E-state index in [0.717, 1.165) is 11.4 Å². The molecule has 0 unspecified atom stereocenters. The SMILES string of the molecule is COc1ccc(Oc2ncnc(Nc3cccnc3)c2N)cc1. The third kappa shape index (κ3) is 3.46. The highest BCUT2D eigenvalue weighted by Gasteiger charge is 2.10. The van der Waals surface area contributed by atoms with Crippen molar-refractivity contribution in [2.75, 3.05) is 18.2 Å². The Balaban J connectivity index is 1.81. The highest BCUT2D eigenvalue weighted by atomic mass is 16.5. The number of hydrogen-bond donors (Lipinski definition) is 2. The zero-order valence-electron chi connectivity index (χ0n) is 12.4. The summed E-state index contributed by atoms with van der Waals surface area (Å²) in [4.78, 5) is 12.2. The Morgan fingerprint density at radius 2 is 1.83 bits per heavy atom. The lowest BCUT2D eigenvalue weighted by atomic mass is 10.3. The van der Waals surface area contributed by atoms with E-state index < -0.39 is 0 Å². The minimum atomic E-state index is 0.275. The molecule has 0 aliphatic rings. The Kier molecular flexibility index (Phi) is 4.19. The van der Waals surface area contributed by atoms with Crippen LogP contribution in [0, 0.1) is 0 Å². The van der Waals surface area contributed by atoms with Crippen LogP contribution in [-0.4, -0.2) is 22.1 Å². The molecule has 0 atom stereocenters. The summed E-state index contributed by atoms with van der Waals surface area (Å²) in [5.74, 6) is 2.07. The van der Waals surface area contributed by atoms with E-state index in [9.17, 15) is 0 Å². The van der Waals surface area contributed by atoms with Crippen LogP contribution in [0.5, 0.6) is 17.4 Å². The quantitative estimate of drug-likeness (QED) is 0.748. The molecule has 116 valence electrons. The first-order chi connectivity index (χ1) is 11.3. The number of nitrogens with one attached hydrogen (secondary N) is 1. The maximum absolute atomic E-state index is 6.08. The Morgan fingerprint density at radius 3 is 2.52 bits per heavy atom. The first-order valence-corrected chi connectivity index (χ1v) is 6.85. The van der Waals surface area contributed by atoms with Gasteiger partial charge < -0.3 is 20.5 Å². The molecule has 0 bridgehead atoms. The van der Waals surface area contributed by atoms with Gasteiger partial charge in [0.1, 0.15) is 23.5 Å². The van der Waals surface area contributed by atoms with Gasteiger partial charge in [0.05, 0.1) is 19.0 Å². The summed E-state index contributed by atoms with van der Waals surface area (Å²) in [6.07, 6.45) is 4.74. The van der Waals surface area contributed by atoms with Gasteiger partial charge in [0, 0.05) is 6.20 Å². The molecule has 3 N–H and O–H groups in total. The first kappa shape index (κ1) is 14.6. The standard InChI is InChI=1S/C16H15N5O2/c1-22-12-4-6-13(7-5-12)23-16-14(17)15(19-10-20-16)21-11-3-2-8-18-9-11/h2-10H,17H2,1H3,(H,19,20,21). The van der Waals surface area contributed by atoms with Gasteiger partial charge in [-0.15, -0.1) is 0 Å². The second kappa shape index (κ2) is 6.61. The summed E-state index contributed by atoms with van der Waals surface area (Å²) in [5, 5.41) is 3.08. The summed E-state index contributed by atoms with van der Waals surface area (Å²) < 4.78 is 10.8. The number of methoxy groups -OCH3 is 1. The van der Waals surface area contributed by atoms with Crippen molar-refractivity contribution in [3.05, 3.63) is 55.1 Å². The topological polar surface area (TPSA) is 95.2 Å². The fourth-order valence-corrected chi connectivity index (χ4v) is 1.89. The number of hydrogen-bond acceptors (Lipinski definition) is 7. The Labute approximate surface area is 133 Å². The van der Waals surface area contributed by atoms with Gasteiger partial charge in [-0.05, 0) is 36.4 Å². The van der Waals surface area contributed by atoms with Crippen LogP contribution < -0.4 is 20.5 Å². The molecule has 0 saturated heterocycles. The highest BCUT2D eigenvalue weighted by Crippen LogP contribution is 2.31. The van der Waals surface area contributed by atoms with E-state index in [4.69, 9.17) is 15.2 Å².